The van der Waals surface area contributed by atoms with Gasteiger partial charge in [0.15, 0.2) is 5.84 Å². The van der Waals surface area contributed by atoms with Gasteiger partial charge in [0.25, 0.3) is 0 Å². The van der Waals surface area contributed by atoms with Crippen molar-refractivity contribution in [3.05, 3.63) is 59.4 Å². The van der Waals surface area contributed by atoms with Gasteiger partial charge in [0.2, 0.25) is 0 Å². The van der Waals surface area contributed by atoms with Gasteiger partial charge in [-0.15, -0.1) is 0 Å². The average molecular weight is 515 g/mol. The van der Waals surface area contributed by atoms with E-state index in [4.69, 9.17) is 15.9 Å². The van der Waals surface area contributed by atoms with Gasteiger partial charge in [-0.1, -0.05) is 23.4 Å². The summed E-state index contributed by atoms with van der Waals surface area (Å²) in [6.45, 7) is 4.26. The molecule has 1 saturated carbocycles. The first-order valence-corrected chi connectivity index (χ1v) is 12.3. The largest absolute Gasteiger partial charge is 0.409 e. The number of amides is 2. The Morgan fingerprint density at radius 3 is 2.62 bits per heavy atom. The van der Waals surface area contributed by atoms with E-state index in [1.807, 2.05) is 43.0 Å². The number of nitrogens with two attached hydrogens (primary N) is 1. The molecule has 8 nitrogen and oxygen atoms in total. The van der Waals surface area contributed by atoms with Crippen LogP contribution in [0.4, 0.5) is 23.7 Å². The second-order valence-electron chi connectivity index (χ2n) is 10.1. The quantitative estimate of drug-likeness (QED) is 0.193. The van der Waals surface area contributed by atoms with Crippen LogP contribution in [0.5, 0.6) is 0 Å². The molecule has 1 aliphatic carbocycles. The monoisotopic (exact) mass is 514 g/mol. The van der Waals surface area contributed by atoms with Crippen LogP contribution in [0, 0.1) is 0 Å². The van der Waals surface area contributed by atoms with Gasteiger partial charge in [-0.05, 0) is 57.4 Å². The van der Waals surface area contributed by atoms with Gasteiger partial charge < -0.3 is 20.4 Å². The Hall–Kier alpha value is -3.76. The van der Waals surface area contributed by atoms with Gasteiger partial charge >= 0.3 is 12.2 Å². The molecule has 1 aromatic heterocycles. The third-order valence-corrected chi connectivity index (χ3v) is 7.18. The number of hydrogen-bond acceptors (Lipinski definition) is 4. The van der Waals surface area contributed by atoms with Crippen LogP contribution in [0.3, 0.4) is 0 Å². The van der Waals surface area contributed by atoms with Gasteiger partial charge in [-0.3, -0.25) is 4.90 Å². The molecule has 0 radical (unpaired) electrons. The zero-order valence-corrected chi connectivity index (χ0v) is 20.7. The molecule has 0 unspecified atom stereocenters. The number of para-hydroxylation sites is 1. The van der Waals surface area contributed by atoms with Crippen molar-refractivity contribution in [2.24, 2.45) is 10.9 Å². The summed E-state index contributed by atoms with van der Waals surface area (Å²) >= 11 is 0. The number of benzene rings is 2. The van der Waals surface area contributed by atoms with Gasteiger partial charge in [-0.25, -0.2) is 9.78 Å². The van der Waals surface area contributed by atoms with Crippen molar-refractivity contribution in [2.45, 2.75) is 70.4 Å². The molecule has 0 bridgehead atoms. The van der Waals surface area contributed by atoms with Gasteiger partial charge in [0.1, 0.15) is 5.82 Å². The fourth-order valence-corrected chi connectivity index (χ4v) is 5.27. The lowest BCUT2D eigenvalue weighted by Gasteiger charge is -2.48. The van der Waals surface area contributed by atoms with E-state index in [0.717, 1.165) is 24.1 Å². The number of amidine groups is 1. The van der Waals surface area contributed by atoms with Gasteiger partial charge in [-0.2, -0.15) is 13.2 Å². The topological polar surface area (TPSA) is 100.0 Å². The van der Waals surface area contributed by atoms with Crippen LogP contribution < -0.4 is 10.6 Å². The fraction of sp³-hybridized carbons (Fsp3) is 0.423. The third-order valence-electron chi connectivity index (χ3n) is 7.18. The molecule has 5 rings (SSSR count). The Bertz CT molecular complexity index is 1380. The molecule has 0 atom stereocenters. The molecule has 2 aliphatic rings. The Morgan fingerprint density at radius 1 is 1.22 bits per heavy atom. The number of aromatic nitrogens is 2. The lowest BCUT2D eigenvalue weighted by atomic mass is 9.88. The van der Waals surface area contributed by atoms with E-state index >= 15 is 0 Å². The summed E-state index contributed by atoms with van der Waals surface area (Å²) in [5, 5.41) is 12.1. The van der Waals surface area contributed by atoms with E-state index in [-0.39, 0.29) is 37.4 Å². The lowest BCUT2D eigenvalue weighted by Crippen LogP contribution is -2.57. The number of nitrogens with zero attached hydrogens (tertiary/aromatic N) is 5. The number of urea groups is 1. The summed E-state index contributed by atoms with van der Waals surface area (Å²) in [4.78, 5) is 22.1. The molecule has 1 fully saturated rings. The molecular formula is C26H29F3N6O2. The molecule has 2 heterocycles. The first kappa shape index (κ1) is 24.9. The minimum atomic E-state index is -4.27. The maximum Gasteiger partial charge on any atom is 0.389 e. The molecule has 2 aromatic carbocycles. The van der Waals surface area contributed by atoms with E-state index in [1.54, 1.807) is 27.7 Å². The molecule has 1 aliphatic heterocycles. The normalized spacial score (nSPS) is 18.0. The minimum Gasteiger partial charge on any atom is -0.409 e. The Morgan fingerprint density at radius 2 is 1.95 bits per heavy atom. The smallest absolute Gasteiger partial charge is 0.389 e. The number of rotatable bonds is 7. The van der Waals surface area contributed by atoms with Gasteiger partial charge in [0, 0.05) is 30.1 Å². The number of oxime groups is 1. The summed E-state index contributed by atoms with van der Waals surface area (Å²) in [5.74, 6) is 0.366. The number of halogens is 3. The molecule has 2 amide bonds. The molecule has 0 spiro atoms. The van der Waals surface area contributed by atoms with E-state index in [2.05, 4.69) is 5.16 Å². The number of anilines is 1. The second-order valence-corrected chi connectivity index (χ2v) is 10.1. The molecule has 37 heavy (non-hydrogen) atoms. The van der Waals surface area contributed by atoms with Crippen LogP contribution in [0.2, 0.25) is 0 Å². The van der Waals surface area contributed by atoms with E-state index in [1.165, 1.54) is 0 Å². The second kappa shape index (κ2) is 8.97. The minimum absolute atomic E-state index is 0.0791. The van der Waals surface area contributed by atoms with Crippen LogP contribution >= 0.6 is 0 Å². The lowest BCUT2D eigenvalue weighted by molar-refractivity contribution is -0.135. The van der Waals surface area contributed by atoms with E-state index < -0.39 is 18.1 Å². The zero-order valence-electron chi connectivity index (χ0n) is 20.7. The van der Waals surface area contributed by atoms with Crippen LogP contribution in [-0.2, 0) is 18.6 Å². The standard InChI is InChI=1S/C26H29F3N6O2/c1-25(2)18-6-3-4-7-20(18)34(24(36)35(25)17-9-10-17)15-22-31-19-14-16(23(30)32-37)8-11-21(19)33(22)13-5-12-26(27,28)29/h3-4,6-8,11,14,17,37H,5,9-10,12-13,15H2,1-2H3,(H2,30,32). The molecular weight excluding hydrogens is 485 g/mol. The molecule has 11 heteroatoms. The third kappa shape index (κ3) is 4.58. The van der Waals surface area contributed by atoms with Crippen LogP contribution in [-0.4, -0.2) is 43.7 Å². The number of alkyl halides is 3. The first-order chi connectivity index (χ1) is 17.5. The summed E-state index contributed by atoms with van der Waals surface area (Å²) in [7, 11) is 0. The number of carbonyl (C=O) groups excluding carboxylic acids is 1. The van der Waals surface area contributed by atoms with E-state index in [0.29, 0.717) is 22.4 Å². The highest BCUT2D eigenvalue weighted by Crippen LogP contribution is 2.46. The van der Waals surface area contributed by atoms with Crippen molar-refractivity contribution in [2.75, 3.05) is 4.90 Å². The first-order valence-electron chi connectivity index (χ1n) is 12.3. The SMILES string of the molecule is CC1(C)c2ccccc2N(Cc2nc3cc(/C(N)=N/O)ccc3n2CCCC(F)(F)F)C(=O)N1C1CC1. The highest BCUT2D eigenvalue weighted by molar-refractivity contribution is 6.00. The van der Waals surface area contributed by atoms with Crippen molar-refractivity contribution in [3.8, 4) is 0 Å². The maximum absolute atomic E-state index is 13.8. The summed E-state index contributed by atoms with van der Waals surface area (Å²) in [6.07, 6.45) is -3.44. The molecule has 3 N–H and O–H groups in total. The number of aryl methyl sites for hydroxylation is 1. The van der Waals surface area contributed by atoms with Crippen LogP contribution in [0.1, 0.15) is 56.5 Å². The van der Waals surface area contributed by atoms with Crippen molar-refractivity contribution < 1.29 is 23.2 Å². The number of hydrogen-bond donors (Lipinski definition) is 2. The number of carbonyl (C=O) groups is 1. The van der Waals surface area contributed by atoms with E-state index in [9.17, 15) is 18.0 Å². The zero-order chi connectivity index (χ0) is 26.5. The predicted molar refractivity (Wildman–Crippen MR) is 133 cm³/mol. The number of fused-ring (bicyclic) bond motifs is 2. The van der Waals surface area contributed by atoms with Crippen LogP contribution in [0.25, 0.3) is 11.0 Å². The fourth-order valence-electron chi connectivity index (χ4n) is 5.27. The summed E-state index contributed by atoms with van der Waals surface area (Å²) in [5.41, 5.74) is 8.55. The van der Waals surface area contributed by atoms with Crippen molar-refractivity contribution in [3.63, 3.8) is 0 Å². The Kier molecular flexibility index (Phi) is 6.04. The average Bonchev–Trinajstić information content (AvgIpc) is 3.61. The van der Waals surface area contributed by atoms with Gasteiger partial charge in [0.05, 0.1) is 28.8 Å². The summed E-state index contributed by atoms with van der Waals surface area (Å²) < 4.78 is 40.5. The van der Waals surface area contributed by atoms with Crippen LogP contribution in [0.15, 0.2) is 47.6 Å². The van der Waals surface area contributed by atoms with Crippen molar-refractivity contribution in [1.82, 2.24) is 14.5 Å². The Labute approximate surface area is 212 Å². The maximum atomic E-state index is 13.8. The molecule has 196 valence electrons. The molecule has 0 saturated heterocycles. The highest BCUT2D eigenvalue weighted by Gasteiger charge is 2.49. The predicted octanol–water partition coefficient (Wildman–Crippen LogP) is 5.31. The molecule has 3 aromatic rings. The van der Waals surface area contributed by atoms with Crippen molar-refractivity contribution in [1.29, 1.82) is 0 Å². The summed E-state index contributed by atoms with van der Waals surface area (Å²) in [6, 6.07) is 12.7. The van der Waals surface area contributed by atoms with Crippen molar-refractivity contribution >= 4 is 28.6 Å². The highest BCUT2D eigenvalue weighted by atomic mass is 19.4. The Balaban J connectivity index is 1.57. The number of imidazole rings is 1.